The Labute approximate surface area is 90.0 Å². The van der Waals surface area contributed by atoms with Crippen LogP contribution in [0.2, 0.25) is 0 Å². The summed E-state index contributed by atoms with van der Waals surface area (Å²) in [7, 11) is 0. The van der Waals surface area contributed by atoms with Crippen molar-refractivity contribution in [1.29, 1.82) is 0 Å². The lowest BCUT2D eigenvalue weighted by atomic mass is 10.2. The maximum atomic E-state index is 2.20. The number of benzene rings is 1. The zero-order valence-electron chi connectivity index (χ0n) is 9.14. The number of fused-ring (bicyclic) bond motifs is 3. The highest BCUT2D eigenvalue weighted by molar-refractivity contribution is 5.82. The predicted molar refractivity (Wildman–Crippen MR) is 66.3 cm³/mol. The molecule has 0 unspecified atom stereocenters. The van der Waals surface area contributed by atoms with Crippen LogP contribution in [0.15, 0.2) is 54.7 Å². The molecule has 0 spiro atoms. The minimum Gasteiger partial charge on any atom is -0.317 e. The quantitative estimate of drug-likeness (QED) is 0.510. The van der Waals surface area contributed by atoms with Gasteiger partial charge in [-0.2, -0.15) is 0 Å². The first-order valence-electron chi connectivity index (χ1n) is 5.40. The molecule has 0 fully saturated rings. The van der Waals surface area contributed by atoms with Crippen LogP contribution < -0.4 is 0 Å². The van der Waals surface area contributed by atoms with Crippen molar-refractivity contribution in [3.05, 3.63) is 54.7 Å². The molecule has 15 heavy (non-hydrogen) atoms. The van der Waals surface area contributed by atoms with E-state index in [0.717, 1.165) is 0 Å². The van der Waals surface area contributed by atoms with Crippen LogP contribution in [0.3, 0.4) is 0 Å². The minimum absolute atomic E-state index is 1.25. The lowest BCUT2D eigenvalue weighted by Crippen LogP contribution is -1.84. The molecule has 0 saturated carbocycles. The number of nitrogens with zero attached hydrogens (tertiary/aromatic N) is 1. The van der Waals surface area contributed by atoms with Gasteiger partial charge in [0, 0.05) is 11.7 Å². The third kappa shape index (κ3) is 1.61. The van der Waals surface area contributed by atoms with E-state index < -0.39 is 0 Å². The maximum absolute atomic E-state index is 2.20. The molecule has 0 saturated heterocycles. The van der Waals surface area contributed by atoms with E-state index in [4.69, 9.17) is 0 Å². The molecule has 0 aliphatic carbocycles. The van der Waals surface area contributed by atoms with Gasteiger partial charge in [0.2, 0.25) is 0 Å². The first-order valence-corrected chi connectivity index (χ1v) is 5.40. The summed E-state index contributed by atoms with van der Waals surface area (Å²) >= 11 is 0. The van der Waals surface area contributed by atoms with Gasteiger partial charge < -0.3 is 4.40 Å². The first-order chi connectivity index (χ1) is 7.45. The van der Waals surface area contributed by atoms with Crippen LogP contribution in [0.1, 0.15) is 13.8 Å². The summed E-state index contributed by atoms with van der Waals surface area (Å²) in [6.45, 7) is 4.00. The molecule has 1 nitrogen and oxygen atoms in total. The van der Waals surface area contributed by atoms with Gasteiger partial charge >= 0.3 is 0 Å². The van der Waals surface area contributed by atoms with Crippen molar-refractivity contribution in [2.75, 3.05) is 0 Å². The Bertz CT molecular complexity index is 563. The van der Waals surface area contributed by atoms with Gasteiger partial charge in [0.05, 0.1) is 5.52 Å². The molecule has 0 amide bonds. The van der Waals surface area contributed by atoms with E-state index in [1.165, 1.54) is 16.4 Å². The van der Waals surface area contributed by atoms with Gasteiger partial charge in [0.1, 0.15) is 0 Å². The van der Waals surface area contributed by atoms with Crippen molar-refractivity contribution in [3.63, 3.8) is 0 Å². The summed E-state index contributed by atoms with van der Waals surface area (Å²) in [4.78, 5) is 0. The van der Waals surface area contributed by atoms with Gasteiger partial charge in [-0.1, -0.05) is 38.1 Å². The van der Waals surface area contributed by atoms with E-state index >= 15 is 0 Å². The van der Waals surface area contributed by atoms with Gasteiger partial charge in [0.15, 0.2) is 0 Å². The average Bonchev–Trinajstić information content (AvgIpc) is 2.80. The summed E-state index contributed by atoms with van der Waals surface area (Å²) < 4.78 is 2.20. The zero-order valence-corrected chi connectivity index (χ0v) is 9.14. The topological polar surface area (TPSA) is 4.41 Å². The Hall–Kier alpha value is -1.76. The Morgan fingerprint density at radius 3 is 2.47 bits per heavy atom. The molecule has 3 aromatic rings. The third-order valence-electron chi connectivity index (χ3n) is 2.41. The number of rotatable bonds is 0. The molecule has 0 N–H and O–H groups in total. The van der Waals surface area contributed by atoms with Crippen LogP contribution in [0.4, 0.5) is 0 Å². The molecule has 0 bridgehead atoms. The van der Waals surface area contributed by atoms with Crippen molar-refractivity contribution in [3.8, 4) is 0 Å². The predicted octanol–water partition coefficient (Wildman–Crippen LogP) is 4.12. The number of hydrogen-bond donors (Lipinski definition) is 0. The summed E-state index contributed by atoms with van der Waals surface area (Å²) in [6.07, 6.45) is 2.09. The molecule has 0 aliphatic heterocycles. The number of hydrogen-bond acceptors (Lipinski definition) is 0. The molecule has 1 heteroatoms. The van der Waals surface area contributed by atoms with Crippen molar-refractivity contribution in [2.24, 2.45) is 0 Å². The fraction of sp³-hybridized carbons (Fsp3) is 0.143. The second kappa shape index (κ2) is 4.18. The van der Waals surface area contributed by atoms with Crippen LogP contribution >= 0.6 is 0 Å². The highest BCUT2D eigenvalue weighted by Crippen LogP contribution is 2.16. The molecule has 1 aromatic carbocycles. The normalized spacial score (nSPS) is 10.0. The summed E-state index contributed by atoms with van der Waals surface area (Å²) in [6, 6.07) is 16.9. The molecule has 2 heterocycles. The van der Waals surface area contributed by atoms with Gasteiger partial charge in [-0.25, -0.2) is 0 Å². The minimum atomic E-state index is 1.25. The standard InChI is InChI=1S/C12H9N.C2H6/c1-2-6-12-10(4-1)7-8-11-5-3-9-13(11)12;1-2/h1-9H;1-2H3. The maximum Gasteiger partial charge on any atom is 0.0527 e. The monoisotopic (exact) mass is 197 g/mol. The highest BCUT2D eigenvalue weighted by atomic mass is 14.9. The summed E-state index contributed by atoms with van der Waals surface area (Å²) in [5.41, 5.74) is 2.52. The molecular formula is C14H15N. The lowest BCUT2D eigenvalue weighted by molar-refractivity contribution is 1.27. The molecular weight excluding hydrogens is 182 g/mol. The lowest BCUT2D eigenvalue weighted by Gasteiger charge is -2.01. The second-order valence-corrected chi connectivity index (χ2v) is 3.20. The fourth-order valence-corrected chi connectivity index (χ4v) is 1.77. The summed E-state index contributed by atoms with van der Waals surface area (Å²) in [5.74, 6) is 0. The third-order valence-corrected chi connectivity index (χ3v) is 2.41. The van der Waals surface area contributed by atoms with Gasteiger partial charge in [-0.05, 0) is 29.7 Å². The van der Waals surface area contributed by atoms with Crippen molar-refractivity contribution in [2.45, 2.75) is 13.8 Å². The zero-order chi connectivity index (χ0) is 10.7. The van der Waals surface area contributed by atoms with Crippen LogP contribution in [0.5, 0.6) is 0 Å². The van der Waals surface area contributed by atoms with E-state index in [9.17, 15) is 0 Å². The molecule has 3 rings (SSSR count). The van der Waals surface area contributed by atoms with Crippen LogP contribution in [-0.4, -0.2) is 4.40 Å². The van der Waals surface area contributed by atoms with Crippen molar-refractivity contribution < 1.29 is 0 Å². The smallest absolute Gasteiger partial charge is 0.0527 e. The summed E-state index contributed by atoms with van der Waals surface area (Å²) in [5, 5.41) is 1.28. The van der Waals surface area contributed by atoms with Crippen LogP contribution in [0, 0.1) is 0 Å². The molecule has 0 atom stereocenters. The van der Waals surface area contributed by atoms with E-state index in [0.29, 0.717) is 0 Å². The van der Waals surface area contributed by atoms with Crippen molar-refractivity contribution in [1.82, 2.24) is 4.40 Å². The van der Waals surface area contributed by atoms with Gasteiger partial charge in [-0.3, -0.25) is 0 Å². The molecule has 76 valence electrons. The van der Waals surface area contributed by atoms with E-state index in [-0.39, 0.29) is 0 Å². The largest absolute Gasteiger partial charge is 0.317 e. The molecule has 0 aliphatic rings. The van der Waals surface area contributed by atoms with E-state index in [1.54, 1.807) is 0 Å². The van der Waals surface area contributed by atoms with Crippen molar-refractivity contribution >= 4 is 16.4 Å². The Morgan fingerprint density at radius 2 is 1.60 bits per heavy atom. The second-order valence-electron chi connectivity index (χ2n) is 3.20. The van der Waals surface area contributed by atoms with E-state index in [2.05, 4.69) is 59.1 Å². The number of pyridine rings is 1. The Morgan fingerprint density at radius 1 is 0.800 bits per heavy atom. The van der Waals surface area contributed by atoms with Gasteiger partial charge in [0.25, 0.3) is 0 Å². The number of aromatic nitrogens is 1. The highest BCUT2D eigenvalue weighted by Gasteiger charge is 1.96. The van der Waals surface area contributed by atoms with Crippen LogP contribution in [0.25, 0.3) is 16.4 Å². The first kappa shape index (κ1) is 9.78. The Balaban J connectivity index is 0.000000404. The average molecular weight is 197 g/mol. The Kier molecular flexibility index (Phi) is 2.72. The van der Waals surface area contributed by atoms with E-state index in [1.807, 2.05) is 13.8 Å². The fourth-order valence-electron chi connectivity index (χ4n) is 1.77. The molecule has 2 aromatic heterocycles. The van der Waals surface area contributed by atoms with Crippen LogP contribution in [-0.2, 0) is 0 Å². The SMILES string of the molecule is CC.c1ccc2c(c1)ccc1cccn12. The molecule has 0 radical (unpaired) electrons. The number of para-hydroxylation sites is 1. The van der Waals surface area contributed by atoms with Gasteiger partial charge in [-0.15, -0.1) is 0 Å².